The number of carbonyl (C=O) groups is 1. The topological polar surface area (TPSA) is 110 Å². The fourth-order valence-electron chi connectivity index (χ4n) is 3.92. The minimum atomic E-state index is -0.452. The lowest BCUT2D eigenvalue weighted by Crippen LogP contribution is -2.21. The average Bonchev–Trinajstić information content (AvgIpc) is 2.88. The van der Waals surface area contributed by atoms with Crippen LogP contribution in [-0.2, 0) is 4.79 Å². The number of thioether (sulfide) groups is 1. The molecule has 142 valence electrons. The number of benzene rings is 1. The van der Waals surface area contributed by atoms with Gasteiger partial charge in [0.15, 0.2) is 0 Å². The molecule has 1 aliphatic heterocycles. The summed E-state index contributed by atoms with van der Waals surface area (Å²) in [6.45, 7) is 0. The number of nitro benzene ring substituents is 1. The first-order valence-corrected chi connectivity index (χ1v) is 10.1. The van der Waals surface area contributed by atoms with Crippen molar-refractivity contribution in [1.29, 1.82) is 0 Å². The summed E-state index contributed by atoms with van der Waals surface area (Å²) in [7, 11) is 0. The summed E-state index contributed by atoms with van der Waals surface area (Å²) in [5.74, 6) is 0.530. The molecule has 0 saturated heterocycles. The highest BCUT2D eigenvalue weighted by Crippen LogP contribution is 2.42. The van der Waals surface area contributed by atoms with Crippen LogP contribution in [0.15, 0.2) is 29.1 Å². The molecule has 27 heavy (non-hydrogen) atoms. The number of aromatic nitrogens is 2. The molecule has 2 heterocycles. The van der Waals surface area contributed by atoms with Crippen LogP contribution in [-0.4, -0.2) is 26.4 Å². The number of anilines is 1. The fraction of sp³-hybridized carbons (Fsp3) is 0.444. The van der Waals surface area contributed by atoms with Crippen LogP contribution in [0.5, 0.6) is 0 Å². The second-order valence-corrected chi connectivity index (χ2v) is 8.05. The van der Waals surface area contributed by atoms with Gasteiger partial charge in [-0.25, -0.2) is 0 Å². The summed E-state index contributed by atoms with van der Waals surface area (Å²) < 4.78 is 1.81. The maximum Gasteiger partial charge on any atom is 0.270 e. The van der Waals surface area contributed by atoms with Gasteiger partial charge in [0.1, 0.15) is 5.82 Å². The van der Waals surface area contributed by atoms with Gasteiger partial charge in [-0.3, -0.25) is 29.5 Å². The fourth-order valence-corrected chi connectivity index (χ4v) is 5.04. The van der Waals surface area contributed by atoms with Crippen LogP contribution in [0.3, 0.4) is 0 Å². The molecule has 1 fully saturated rings. The summed E-state index contributed by atoms with van der Waals surface area (Å²) in [5, 5.41) is 16.5. The van der Waals surface area contributed by atoms with Crippen molar-refractivity contribution in [2.45, 2.75) is 43.4 Å². The van der Waals surface area contributed by atoms with Crippen LogP contribution in [0.4, 0.5) is 11.5 Å². The normalized spacial score (nSPS) is 20.6. The van der Waals surface area contributed by atoms with Crippen LogP contribution in [0.1, 0.15) is 54.5 Å². The van der Waals surface area contributed by atoms with Gasteiger partial charge in [-0.1, -0.05) is 31.4 Å². The van der Waals surface area contributed by atoms with Crippen molar-refractivity contribution in [3.8, 4) is 0 Å². The van der Waals surface area contributed by atoms with Crippen molar-refractivity contribution >= 4 is 29.2 Å². The number of aromatic amines is 1. The number of carbonyl (C=O) groups excluding carboxylic acids is 1. The number of amides is 1. The highest BCUT2D eigenvalue weighted by atomic mass is 32.2. The van der Waals surface area contributed by atoms with Crippen LogP contribution < -0.4 is 10.9 Å². The number of hydrogen-bond donors (Lipinski definition) is 2. The minimum Gasteiger partial charge on any atom is -0.310 e. The lowest BCUT2D eigenvalue weighted by molar-refractivity contribution is -0.384. The molecule has 9 heteroatoms. The van der Waals surface area contributed by atoms with E-state index in [1.54, 1.807) is 12.1 Å². The van der Waals surface area contributed by atoms with Crippen LogP contribution >= 0.6 is 11.8 Å². The molecule has 1 aliphatic carbocycles. The van der Waals surface area contributed by atoms with Crippen LogP contribution in [0.2, 0.25) is 0 Å². The Hall–Kier alpha value is -2.55. The van der Waals surface area contributed by atoms with Crippen molar-refractivity contribution in [2.24, 2.45) is 0 Å². The van der Waals surface area contributed by atoms with Gasteiger partial charge in [0.05, 0.1) is 27.5 Å². The summed E-state index contributed by atoms with van der Waals surface area (Å²) in [5.41, 5.74) is 0.846. The quantitative estimate of drug-likeness (QED) is 0.619. The number of fused-ring (bicyclic) bond motifs is 1. The van der Waals surface area contributed by atoms with E-state index in [-0.39, 0.29) is 28.9 Å². The van der Waals surface area contributed by atoms with Gasteiger partial charge in [0.2, 0.25) is 5.91 Å². The number of non-ortho nitro benzene ring substituents is 1. The zero-order valence-corrected chi connectivity index (χ0v) is 15.5. The number of nitrogens with zero attached hydrogens (tertiary/aromatic N) is 2. The van der Waals surface area contributed by atoms with Crippen molar-refractivity contribution < 1.29 is 9.72 Å². The lowest BCUT2D eigenvalue weighted by atomic mass is 9.95. The molecule has 0 bridgehead atoms. The third-order valence-corrected chi connectivity index (χ3v) is 6.46. The zero-order valence-electron chi connectivity index (χ0n) is 14.6. The van der Waals surface area contributed by atoms with Gasteiger partial charge < -0.3 is 5.32 Å². The van der Waals surface area contributed by atoms with Crippen molar-refractivity contribution in [2.75, 3.05) is 11.1 Å². The predicted octanol–water partition coefficient (Wildman–Crippen LogP) is 3.36. The number of nitro groups is 1. The average molecular weight is 388 g/mol. The molecule has 0 unspecified atom stereocenters. The van der Waals surface area contributed by atoms with E-state index in [1.807, 2.05) is 4.68 Å². The van der Waals surface area contributed by atoms with E-state index in [4.69, 9.17) is 0 Å². The Balaban J connectivity index is 1.82. The Bertz CT molecular complexity index is 945. The van der Waals surface area contributed by atoms with Gasteiger partial charge in [-0.15, -0.1) is 11.8 Å². The minimum absolute atomic E-state index is 0.0266. The largest absolute Gasteiger partial charge is 0.310 e. The number of hydrogen-bond acceptors (Lipinski definition) is 5. The van der Waals surface area contributed by atoms with Gasteiger partial charge >= 0.3 is 0 Å². The number of rotatable bonds is 3. The van der Waals surface area contributed by atoms with Crippen LogP contribution in [0.25, 0.3) is 0 Å². The predicted molar refractivity (Wildman–Crippen MR) is 103 cm³/mol. The van der Waals surface area contributed by atoms with Gasteiger partial charge in [-0.2, -0.15) is 0 Å². The summed E-state index contributed by atoms with van der Waals surface area (Å²) >= 11 is 1.31. The summed E-state index contributed by atoms with van der Waals surface area (Å²) in [4.78, 5) is 35.8. The van der Waals surface area contributed by atoms with E-state index in [1.165, 1.54) is 30.3 Å². The van der Waals surface area contributed by atoms with E-state index in [9.17, 15) is 19.7 Å². The molecule has 2 aliphatic rings. The molecular weight excluding hydrogens is 368 g/mol. The standard InChI is InChI=1S/C18H20N4O4S/c23-14-10-27-16(11-5-4-8-13(9-11)22(25)26)15-17(19-14)21(20-18(15)24)12-6-2-1-3-7-12/h4-5,8-9,12,16H,1-3,6-7,10H2,(H,19,23)(H,20,24)/t16-/m1/s1. The molecule has 1 aromatic heterocycles. The zero-order chi connectivity index (χ0) is 19.0. The molecular formula is C18H20N4O4S. The van der Waals surface area contributed by atoms with E-state index < -0.39 is 10.2 Å². The highest BCUT2D eigenvalue weighted by Gasteiger charge is 2.33. The van der Waals surface area contributed by atoms with Crippen molar-refractivity contribution in [3.63, 3.8) is 0 Å². The molecule has 2 aromatic rings. The Morgan fingerprint density at radius 2 is 1.96 bits per heavy atom. The number of nitrogens with one attached hydrogen (secondary N) is 2. The van der Waals surface area contributed by atoms with Crippen molar-refractivity contribution in [1.82, 2.24) is 9.78 Å². The first-order chi connectivity index (χ1) is 13.0. The Morgan fingerprint density at radius 1 is 1.19 bits per heavy atom. The van der Waals surface area contributed by atoms with Gasteiger partial charge in [-0.05, 0) is 18.4 Å². The maximum absolute atomic E-state index is 12.8. The molecule has 8 nitrogen and oxygen atoms in total. The van der Waals surface area contributed by atoms with E-state index in [2.05, 4.69) is 10.4 Å². The molecule has 0 radical (unpaired) electrons. The third-order valence-electron chi connectivity index (χ3n) is 5.19. The monoisotopic (exact) mass is 388 g/mol. The van der Waals surface area contributed by atoms with Gasteiger partial charge in [0, 0.05) is 12.1 Å². The maximum atomic E-state index is 12.8. The second kappa shape index (κ2) is 7.22. The first-order valence-electron chi connectivity index (χ1n) is 9.05. The van der Waals surface area contributed by atoms with E-state index in [0.29, 0.717) is 16.9 Å². The molecule has 4 rings (SSSR count). The molecule has 1 aromatic carbocycles. The Labute approximate surface area is 159 Å². The second-order valence-electron chi connectivity index (χ2n) is 6.96. The van der Waals surface area contributed by atoms with Gasteiger partial charge in [0.25, 0.3) is 11.2 Å². The summed E-state index contributed by atoms with van der Waals surface area (Å²) in [6.07, 6.45) is 5.29. The van der Waals surface area contributed by atoms with E-state index >= 15 is 0 Å². The SMILES string of the molecule is O=C1CS[C@H](c2cccc([N+](=O)[O-])c2)c2c(n(C3CCCCC3)[nH]c2=O)N1. The highest BCUT2D eigenvalue weighted by molar-refractivity contribution is 8.00. The molecule has 1 saturated carbocycles. The number of H-pyrrole nitrogens is 1. The third kappa shape index (κ3) is 3.39. The smallest absolute Gasteiger partial charge is 0.270 e. The van der Waals surface area contributed by atoms with Crippen molar-refractivity contribution in [3.05, 3.63) is 55.9 Å². The molecule has 0 spiro atoms. The van der Waals surface area contributed by atoms with E-state index in [0.717, 1.165) is 25.7 Å². The lowest BCUT2D eigenvalue weighted by Gasteiger charge is -2.24. The van der Waals surface area contributed by atoms with Crippen LogP contribution in [0, 0.1) is 10.1 Å². The first kappa shape index (κ1) is 17.8. The molecule has 2 N–H and O–H groups in total. The molecule has 1 atom stereocenters. The Kier molecular flexibility index (Phi) is 4.77. The Morgan fingerprint density at radius 3 is 2.70 bits per heavy atom. The molecule has 1 amide bonds. The summed E-state index contributed by atoms with van der Waals surface area (Å²) in [6, 6.07) is 6.44.